The van der Waals surface area contributed by atoms with Gasteiger partial charge in [-0.15, -0.1) is 0 Å². The van der Waals surface area contributed by atoms with Gasteiger partial charge in [0.2, 0.25) is 0 Å². The van der Waals surface area contributed by atoms with Crippen LogP contribution in [0.5, 0.6) is 0 Å². The second-order valence-electron chi connectivity index (χ2n) is 3.49. The summed E-state index contributed by atoms with van der Waals surface area (Å²) in [5.41, 5.74) is 5.27. The third-order valence-electron chi connectivity index (χ3n) is 2.26. The maximum absolute atomic E-state index is 10.6. The van der Waals surface area contributed by atoms with Gasteiger partial charge in [-0.3, -0.25) is 0 Å². The van der Waals surface area contributed by atoms with Crippen LogP contribution >= 0.6 is 0 Å². The van der Waals surface area contributed by atoms with Gasteiger partial charge in [-0.25, -0.2) is 0 Å². The Balaban J connectivity index is 3.99. The van der Waals surface area contributed by atoms with Crippen molar-refractivity contribution in [2.75, 3.05) is 0 Å². The first-order valence-electron chi connectivity index (χ1n) is 4.32. The number of aldehydes is 1. The molecule has 0 rings (SSSR count). The lowest BCUT2D eigenvalue weighted by molar-refractivity contribution is -0.113. The first-order valence-corrected chi connectivity index (χ1v) is 4.32. The Labute approximate surface area is 69.2 Å². The van der Waals surface area contributed by atoms with Crippen molar-refractivity contribution in [2.45, 2.75) is 45.6 Å². The summed E-state index contributed by atoms with van der Waals surface area (Å²) in [6, 6.07) is 0. The van der Waals surface area contributed by atoms with Crippen LogP contribution in [-0.4, -0.2) is 11.8 Å². The largest absolute Gasteiger partial charge is 0.319 e. The highest BCUT2D eigenvalue weighted by atomic mass is 16.1. The molecule has 0 bridgehead atoms. The summed E-state index contributed by atoms with van der Waals surface area (Å²) in [5, 5.41) is 0. The molecule has 0 saturated carbocycles. The van der Waals surface area contributed by atoms with Crippen molar-refractivity contribution >= 4 is 6.29 Å². The average molecular weight is 157 g/mol. The molecule has 66 valence electrons. The van der Waals surface area contributed by atoms with Crippen LogP contribution in [0.25, 0.3) is 0 Å². The fraction of sp³-hybridized carbons (Fsp3) is 0.889. The molecule has 0 aromatic heterocycles. The van der Waals surface area contributed by atoms with Gasteiger partial charge >= 0.3 is 0 Å². The maximum Gasteiger partial charge on any atom is 0.140 e. The van der Waals surface area contributed by atoms with E-state index in [4.69, 9.17) is 5.73 Å². The first-order chi connectivity index (χ1) is 5.06. The van der Waals surface area contributed by atoms with Crippen LogP contribution in [0.15, 0.2) is 0 Å². The summed E-state index contributed by atoms with van der Waals surface area (Å²) in [6.45, 7) is 6.08. The lowest BCUT2D eigenvalue weighted by atomic mass is 9.84. The molecule has 0 radical (unpaired) electrons. The summed E-state index contributed by atoms with van der Waals surface area (Å²) >= 11 is 0. The Morgan fingerprint density at radius 2 is 2.09 bits per heavy atom. The quantitative estimate of drug-likeness (QED) is 0.617. The molecule has 0 spiro atoms. The number of hydrogen-bond donors (Lipinski definition) is 1. The molecule has 0 amide bonds. The normalized spacial score (nSPS) is 16.5. The van der Waals surface area contributed by atoms with Crippen molar-refractivity contribution in [3.05, 3.63) is 0 Å². The minimum absolute atomic E-state index is 0.242. The molecule has 1 atom stereocenters. The molecule has 0 aromatic carbocycles. The monoisotopic (exact) mass is 157 g/mol. The lowest BCUT2D eigenvalue weighted by Crippen LogP contribution is -2.46. The van der Waals surface area contributed by atoms with E-state index in [0.717, 1.165) is 25.5 Å². The Morgan fingerprint density at radius 3 is 2.36 bits per heavy atom. The summed E-state index contributed by atoms with van der Waals surface area (Å²) in [7, 11) is 0. The molecule has 0 fully saturated rings. The Bertz CT molecular complexity index is 123. The van der Waals surface area contributed by atoms with Gasteiger partial charge in [0.15, 0.2) is 0 Å². The zero-order valence-electron chi connectivity index (χ0n) is 7.76. The molecule has 2 heteroatoms. The fourth-order valence-electron chi connectivity index (χ4n) is 0.967. The van der Waals surface area contributed by atoms with Crippen LogP contribution in [0.1, 0.15) is 40.0 Å². The summed E-state index contributed by atoms with van der Waals surface area (Å²) in [5.74, 6) is 0.242. The Hall–Kier alpha value is -0.370. The van der Waals surface area contributed by atoms with Crippen molar-refractivity contribution in [1.82, 2.24) is 0 Å². The number of unbranched alkanes of at least 4 members (excludes halogenated alkanes) is 1. The molecule has 11 heavy (non-hydrogen) atoms. The van der Waals surface area contributed by atoms with Crippen molar-refractivity contribution < 1.29 is 4.79 Å². The van der Waals surface area contributed by atoms with E-state index in [2.05, 4.69) is 6.92 Å². The molecule has 0 aliphatic rings. The molecule has 2 nitrogen and oxygen atoms in total. The van der Waals surface area contributed by atoms with E-state index < -0.39 is 5.54 Å². The van der Waals surface area contributed by atoms with Crippen molar-refractivity contribution in [3.63, 3.8) is 0 Å². The summed E-state index contributed by atoms with van der Waals surface area (Å²) < 4.78 is 0. The highest BCUT2D eigenvalue weighted by Gasteiger charge is 2.27. The molecule has 0 aromatic rings. The summed E-state index contributed by atoms with van der Waals surface area (Å²) in [6.07, 6.45) is 3.84. The van der Waals surface area contributed by atoms with Gasteiger partial charge in [0.25, 0.3) is 0 Å². The van der Waals surface area contributed by atoms with E-state index in [1.807, 2.05) is 13.8 Å². The number of rotatable bonds is 5. The van der Waals surface area contributed by atoms with Crippen molar-refractivity contribution in [3.8, 4) is 0 Å². The first kappa shape index (κ1) is 10.6. The number of carbonyl (C=O) groups excluding carboxylic acids is 1. The average Bonchev–Trinajstić information content (AvgIpc) is 2.00. The van der Waals surface area contributed by atoms with E-state index in [0.29, 0.717) is 0 Å². The zero-order valence-corrected chi connectivity index (χ0v) is 7.76. The summed E-state index contributed by atoms with van der Waals surface area (Å²) in [4.78, 5) is 10.6. The topological polar surface area (TPSA) is 43.1 Å². The fourth-order valence-corrected chi connectivity index (χ4v) is 0.967. The molecule has 0 aliphatic carbocycles. The van der Waals surface area contributed by atoms with Crippen molar-refractivity contribution in [1.29, 1.82) is 0 Å². The number of nitrogens with two attached hydrogens (primary N) is 1. The molecular weight excluding hydrogens is 138 g/mol. The van der Waals surface area contributed by atoms with Crippen molar-refractivity contribution in [2.24, 2.45) is 11.7 Å². The van der Waals surface area contributed by atoms with E-state index in [1.165, 1.54) is 0 Å². The smallest absolute Gasteiger partial charge is 0.140 e. The van der Waals surface area contributed by atoms with E-state index in [-0.39, 0.29) is 5.92 Å². The minimum atomic E-state index is -0.587. The maximum atomic E-state index is 10.6. The van der Waals surface area contributed by atoms with Crippen LogP contribution in [0, 0.1) is 5.92 Å². The van der Waals surface area contributed by atoms with Gasteiger partial charge < -0.3 is 10.5 Å². The van der Waals surface area contributed by atoms with Gasteiger partial charge in [-0.2, -0.15) is 0 Å². The van der Waals surface area contributed by atoms with Crippen LogP contribution in [0.4, 0.5) is 0 Å². The Morgan fingerprint density at radius 1 is 1.55 bits per heavy atom. The molecular formula is C9H19NO. The zero-order chi connectivity index (χ0) is 8.91. The number of carbonyl (C=O) groups is 1. The minimum Gasteiger partial charge on any atom is -0.319 e. The van der Waals surface area contributed by atoms with Gasteiger partial charge in [-0.1, -0.05) is 33.6 Å². The second-order valence-corrected chi connectivity index (χ2v) is 3.49. The molecule has 0 aliphatic heterocycles. The van der Waals surface area contributed by atoms with E-state index in [1.54, 1.807) is 0 Å². The van der Waals surface area contributed by atoms with E-state index in [9.17, 15) is 4.79 Å². The standard InChI is InChI=1S/C9H19NO/c1-4-5-6-9(10,7-11)8(2)3/h7-8H,4-6,10H2,1-3H3. The predicted octanol–water partition coefficient (Wildman–Crippen LogP) is 1.73. The highest BCUT2D eigenvalue weighted by Crippen LogP contribution is 2.18. The molecule has 1 unspecified atom stereocenters. The highest BCUT2D eigenvalue weighted by molar-refractivity contribution is 5.64. The Kier molecular flexibility index (Phi) is 4.34. The SMILES string of the molecule is CCCCC(N)(C=O)C(C)C. The predicted molar refractivity (Wildman–Crippen MR) is 47.3 cm³/mol. The van der Waals surface area contributed by atoms with Crippen LogP contribution in [0.2, 0.25) is 0 Å². The van der Waals surface area contributed by atoms with Gasteiger partial charge in [0.1, 0.15) is 6.29 Å². The van der Waals surface area contributed by atoms with E-state index >= 15 is 0 Å². The second kappa shape index (κ2) is 4.50. The third-order valence-corrected chi connectivity index (χ3v) is 2.26. The van der Waals surface area contributed by atoms with Gasteiger partial charge in [-0.05, 0) is 12.3 Å². The van der Waals surface area contributed by atoms with Crippen LogP contribution in [-0.2, 0) is 4.79 Å². The lowest BCUT2D eigenvalue weighted by Gasteiger charge is -2.26. The third kappa shape index (κ3) is 3.02. The molecule has 0 heterocycles. The van der Waals surface area contributed by atoms with Crippen LogP contribution < -0.4 is 5.73 Å². The van der Waals surface area contributed by atoms with Crippen LogP contribution in [0.3, 0.4) is 0 Å². The van der Waals surface area contributed by atoms with Gasteiger partial charge in [0.05, 0.1) is 5.54 Å². The molecule has 0 saturated heterocycles. The number of hydrogen-bond acceptors (Lipinski definition) is 2. The van der Waals surface area contributed by atoms with Gasteiger partial charge in [0, 0.05) is 0 Å². The molecule has 2 N–H and O–H groups in total.